The molecule has 0 saturated heterocycles. The van der Waals surface area contributed by atoms with Gasteiger partial charge in [-0.3, -0.25) is 0 Å². The van der Waals surface area contributed by atoms with E-state index in [0.717, 1.165) is 5.69 Å². The van der Waals surface area contributed by atoms with Gasteiger partial charge >= 0.3 is 12.1 Å². The second kappa shape index (κ2) is 5.12. The van der Waals surface area contributed by atoms with Gasteiger partial charge in [0.15, 0.2) is 0 Å². The molecule has 6 heteroatoms. The minimum atomic E-state index is -4.87. The standard InChI is InChI=1S/C12H12F3NO2/c1-16(2)9-5-3-8(4-6-9)7-10(11(17)18)12(13,14)15/h3-7H,1-2H3,(H,17,18). The van der Waals surface area contributed by atoms with Gasteiger partial charge in [-0.1, -0.05) is 12.1 Å². The molecule has 0 saturated carbocycles. The van der Waals surface area contributed by atoms with E-state index in [2.05, 4.69) is 0 Å². The third kappa shape index (κ3) is 3.51. The molecule has 0 bridgehead atoms. The number of rotatable bonds is 3. The fourth-order valence-electron chi connectivity index (χ4n) is 1.30. The van der Waals surface area contributed by atoms with Crippen LogP contribution in [0.15, 0.2) is 29.8 Å². The Bertz CT molecular complexity index is 461. The lowest BCUT2D eigenvalue weighted by molar-refractivity contribution is -0.144. The maximum absolute atomic E-state index is 12.4. The molecule has 0 radical (unpaired) electrons. The van der Waals surface area contributed by atoms with E-state index >= 15 is 0 Å². The first-order chi connectivity index (χ1) is 8.21. The highest BCUT2D eigenvalue weighted by molar-refractivity contribution is 5.93. The Kier molecular flexibility index (Phi) is 4.00. The Morgan fingerprint density at radius 1 is 1.22 bits per heavy atom. The van der Waals surface area contributed by atoms with Crippen molar-refractivity contribution in [1.82, 2.24) is 0 Å². The van der Waals surface area contributed by atoms with E-state index in [1.807, 2.05) is 0 Å². The molecule has 0 heterocycles. The van der Waals surface area contributed by atoms with Crippen LogP contribution in [0, 0.1) is 0 Å². The minimum absolute atomic E-state index is 0.190. The molecule has 0 spiro atoms. The molecule has 0 aromatic heterocycles. The van der Waals surface area contributed by atoms with E-state index < -0.39 is 17.7 Å². The van der Waals surface area contributed by atoms with Gasteiger partial charge in [0.1, 0.15) is 5.57 Å². The average molecular weight is 259 g/mol. The smallest absolute Gasteiger partial charge is 0.423 e. The van der Waals surface area contributed by atoms with Crippen LogP contribution >= 0.6 is 0 Å². The van der Waals surface area contributed by atoms with Crippen LogP contribution in [0.3, 0.4) is 0 Å². The van der Waals surface area contributed by atoms with Crippen molar-refractivity contribution in [3.8, 4) is 0 Å². The molecule has 98 valence electrons. The highest BCUT2D eigenvalue weighted by Gasteiger charge is 2.38. The van der Waals surface area contributed by atoms with Crippen molar-refractivity contribution in [1.29, 1.82) is 0 Å². The normalized spacial score (nSPS) is 12.4. The second-order valence-corrected chi connectivity index (χ2v) is 3.85. The fraction of sp³-hybridized carbons (Fsp3) is 0.250. The summed E-state index contributed by atoms with van der Waals surface area (Å²) in [6.07, 6.45) is -4.26. The Balaban J connectivity index is 3.10. The predicted molar refractivity (Wildman–Crippen MR) is 62.4 cm³/mol. The van der Waals surface area contributed by atoms with Gasteiger partial charge in [-0.15, -0.1) is 0 Å². The summed E-state index contributed by atoms with van der Waals surface area (Å²) < 4.78 is 37.2. The summed E-state index contributed by atoms with van der Waals surface area (Å²) in [4.78, 5) is 12.3. The van der Waals surface area contributed by atoms with Gasteiger partial charge in [0.2, 0.25) is 0 Å². The zero-order chi connectivity index (χ0) is 13.9. The van der Waals surface area contributed by atoms with Gasteiger partial charge in [0.05, 0.1) is 0 Å². The van der Waals surface area contributed by atoms with Crippen LogP contribution in [-0.4, -0.2) is 31.3 Å². The van der Waals surface area contributed by atoms with Crippen molar-refractivity contribution >= 4 is 17.7 Å². The van der Waals surface area contributed by atoms with Gasteiger partial charge in [0, 0.05) is 19.8 Å². The largest absolute Gasteiger partial charge is 0.478 e. The molecule has 18 heavy (non-hydrogen) atoms. The molecule has 0 unspecified atom stereocenters. The monoisotopic (exact) mass is 259 g/mol. The first-order valence-electron chi connectivity index (χ1n) is 5.01. The van der Waals surface area contributed by atoms with E-state index in [9.17, 15) is 18.0 Å². The third-order valence-electron chi connectivity index (χ3n) is 2.26. The van der Waals surface area contributed by atoms with E-state index in [1.165, 1.54) is 12.1 Å². The summed E-state index contributed by atoms with van der Waals surface area (Å²) in [5.41, 5.74) is -0.577. The zero-order valence-electron chi connectivity index (χ0n) is 9.82. The summed E-state index contributed by atoms with van der Waals surface area (Å²) in [7, 11) is 3.59. The highest BCUT2D eigenvalue weighted by atomic mass is 19.4. The van der Waals surface area contributed by atoms with Crippen molar-refractivity contribution in [2.24, 2.45) is 0 Å². The number of carboxylic acid groups (broad SMARTS) is 1. The Morgan fingerprint density at radius 3 is 2.06 bits per heavy atom. The summed E-state index contributed by atoms with van der Waals surface area (Å²) in [5.74, 6) is -1.99. The molecular weight excluding hydrogens is 247 g/mol. The molecule has 0 amide bonds. The topological polar surface area (TPSA) is 40.5 Å². The molecule has 0 aliphatic carbocycles. The van der Waals surface area contributed by atoms with Gasteiger partial charge in [0.25, 0.3) is 0 Å². The van der Waals surface area contributed by atoms with Crippen molar-refractivity contribution < 1.29 is 23.1 Å². The molecule has 0 aliphatic rings. The van der Waals surface area contributed by atoms with Crippen molar-refractivity contribution in [2.45, 2.75) is 6.18 Å². The van der Waals surface area contributed by atoms with Crippen molar-refractivity contribution in [2.75, 3.05) is 19.0 Å². The van der Waals surface area contributed by atoms with Crippen molar-refractivity contribution in [3.05, 3.63) is 35.4 Å². The van der Waals surface area contributed by atoms with Gasteiger partial charge in [-0.05, 0) is 23.8 Å². The molecule has 1 aromatic rings. The summed E-state index contributed by atoms with van der Waals surface area (Å²) in [6.45, 7) is 0. The minimum Gasteiger partial charge on any atom is -0.478 e. The molecule has 1 aromatic carbocycles. The van der Waals surface area contributed by atoms with Crippen molar-refractivity contribution in [3.63, 3.8) is 0 Å². The zero-order valence-corrected chi connectivity index (χ0v) is 9.82. The fourth-order valence-corrected chi connectivity index (χ4v) is 1.30. The number of nitrogens with zero attached hydrogens (tertiary/aromatic N) is 1. The molecule has 1 N–H and O–H groups in total. The Labute approximate surface area is 102 Å². The molecule has 0 aliphatic heterocycles. The maximum Gasteiger partial charge on any atom is 0.423 e. The molecule has 1 rings (SSSR count). The van der Waals surface area contributed by atoms with E-state index in [0.29, 0.717) is 6.08 Å². The average Bonchev–Trinajstić information content (AvgIpc) is 2.24. The first kappa shape index (κ1) is 14.1. The summed E-state index contributed by atoms with van der Waals surface area (Å²) in [6, 6.07) is 6.09. The number of alkyl halides is 3. The molecular formula is C12H12F3NO2. The number of halogens is 3. The number of aliphatic carboxylic acids is 1. The van der Waals surface area contributed by atoms with Gasteiger partial charge in [-0.2, -0.15) is 13.2 Å². The molecule has 3 nitrogen and oxygen atoms in total. The number of carbonyl (C=O) groups is 1. The lowest BCUT2D eigenvalue weighted by Crippen LogP contribution is -2.19. The van der Waals surface area contributed by atoms with Crippen LogP contribution in [0.2, 0.25) is 0 Å². The molecule has 0 fully saturated rings. The SMILES string of the molecule is CN(C)c1ccc(C=C(C(=O)O)C(F)(F)F)cc1. The van der Waals surface area contributed by atoms with Crippen LogP contribution in [0.4, 0.5) is 18.9 Å². The van der Waals surface area contributed by atoms with Gasteiger partial charge < -0.3 is 10.0 Å². The Hall–Kier alpha value is -1.98. The van der Waals surface area contributed by atoms with E-state index in [4.69, 9.17) is 5.11 Å². The van der Waals surface area contributed by atoms with Gasteiger partial charge in [-0.25, -0.2) is 4.79 Å². The Morgan fingerprint density at radius 2 is 1.72 bits per heavy atom. The third-order valence-corrected chi connectivity index (χ3v) is 2.26. The second-order valence-electron chi connectivity index (χ2n) is 3.85. The quantitative estimate of drug-likeness (QED) is 0.848. The lowest BCUT2D eigenvalue weighted by Gasteiger charge is -2.12. The highest BCUT2D eigenvalue weighted by Crippen LogP contribution is 2.28. The number of hydrogen-bond donors (Lipinski definition) is 1. The van der Waals surface area contributed by atoms with Crippen LogP contribution < -0.4 is 4.90 Å². The summed E-state index contributed by atoms with van der Waals surface area (Å²) >= 11 is 0. The summed E-state index contributed by atoms with van der Waals surface area (Å²) in [5, 5.41) is 8.52. The van der Waals surface area contributed by atoms with Crippen LogP contribution in [0.25, 0.3) is 6.08 Å². The molecule has 0 atom stereocenters. The number of carboxylic acids is 1. The van der Waals surface area contributed by atoms with E-state index in [1.54, 1.807) is 31.1 Å². The number of benzene rings is 1. The predicted octanol–water partition coefficient (Wildman–Crippen LogP) is 2.78. The number of anilines is 1. The first-order valence-corrected chi connectivity index (χ1v) is 5.01. The number of hydrogen-bond acceptors (Lipinski definition) is 2. The van der Waals surface area contributed by atoms with Crippen LogP contribution in [-0.2, 0) is 4.79 Å². The van der Waals surface area contributed by atoms with Crippen LogP contribution in [0.1, 0.15) is 5.56 Å². The lowest BCUT2D eigenvalue weighted by atomic mass is 10.1. The maximum atomic E-state index is 12.4. The van der Waals surface area contributed by atoms with Crippen LogP contribution in [0.5, 0.6) is 0 Å². The van der Waals surface area contributed by atoms with E-state index in [-0.39, 0.29) is 5.56 Å².